The SMILES string of the molecule is CCCNCc1ccnc(COCC(F)(F)F)n1. The van der Waals surface area contributed by atoms with Gasteiger partial charge in [0.05, 0.1) is 5.69 Å². The maximum absolute atomic E-state index is 11.9. The highest BCUT2D eigenvalue weighted by molar-refractivity contribution is 5.01. The Balaban J connectivity index is 2.39. The molecule has 1 aromatic heterocycles. The number of nitrogens with one attached hydrogen (secondary N) is 1. The Morgan fingerprint density at radius 2 is 2.17 bits per heavy atom. The van der Waals surface area contributed by atoms with E-state index < -0.39 is 12.8 Å². The van der Waals surface area contributed by atoms with Crippen LogP contribution >= 0.6 is 0 Å². The van der Waals surface area contributed by atoms with Crippen LogP contribution < -0.4 is 5.32 Å². The summed E-state index contributed by atoms with van der Waals surface area (Å²) in [6.07, 6.45) is -1.80. The summed E-state index contributed by atoms with van der Waals surface area (Å²) in [5.41, 5.74) is 0.740. The first-order chi connectivity index (χ1) is 8.51. The minimum absolute atomic E-state index is 0.235. The van der Waals surface area contributed by atoms with E-state index in [0.29, 0.717) is 6.54 Å². The average Bonchev–Trinajstić information content (AvgIpc) is 2.28. The van der Waals surface area contributed by atoms with E-state index in [1.807, 2.05) is 6.92 Å². The molecule has 0 spiro atoms. The third kappa shape index (κ3) is 6.51. The van der Waals surface area contributed by atoms with Crippen LogP contribution in [0.1, 0.15) is 24.9 Å². The van der Waals surface area contributed by atoms with Crippen LogP contribution in [0, 0.1) is 0 Å². The Hall–Kier alpha value is -1.21. The van der Waals surface area contributed by atoms with E-state index in [-0.39, 0.29) is 12.4 Å². The molecule has 0 fully saturated rings. The zero-order valence-corrected chi connectivity index (χ0v) is 10.1. The van der Waals surface area contributed by atoms with Crippen LogP contribution in [0.2, 0.25) is 0 Å². The number of alkyl halides is 3. The van der Waals surface area contributed by atoms with Crippen molar-refractivity contribution in [3.05, 3.63) is 23.8 Å². The van der Waals surface area contributed by atoms with Crippen molar-refractivity contribution in [2.24, 2.45) is 0 Å². The van der Waals surface area contributed by atoms with Gasteiger partial charge in [-0.05, 0) is 19.0 Å². The van der Waals surface area contributed by atoms with E-state index in [1.165, 1.54) is 6.20 Å². The van der Waals surface area contributed by atoms with E-state index in [9.17, 15) is 13.2 Å². The number of rotatable bonds is 7. The molecule has 1 N–H and O–H groups in total. The number of halogens is 3. The van der Waals surface area contributed by atoms with Crippen LogP contribution in [-0.4, -0.2) is 29.3 Å². The van der Waals surface area contributed by atoms with Gasteiger partial charge in [-0.1, -0.05) is 6.92 Å². The molecule has 0 unspecified atom stereocenters. The van der Waals surface area contributed by atoms with E-state index in [4.69, 9.17) is 0 Å². The van der Waals surface area contributed by atoms with Crippen LogP contribution in [0.5, 0.6) is 0 Å². The van der Waals surface area contributed by atoms with E-state index in [2.05, 4.69) is 20.0 Å². The Morgan fingerprint density at radius 1 is 1.39 bits per heavy atom. The smallest absolute Gasteiger partial charge is 0.364 e. The molecule has 0 aliphatic rings. The molecule has 0 saturated carbocycles. The highest BCUT2D eigenvalue weighted by Gasteiger charge is 2.27. The van der Waals surface area contributed by atoms with Gasteiger partial charge in [0.1, 0.15) is 13.2 Å². The maximum Gasteiger partial charge on any atom is 0.411 e. The van der Waals surface area contributed by atoms with E-state index in [0.717, 1.165) is 18.7 Å². The van der Waals surface area contributed by atoms with Gasteiger partial charge in [0.15, 0.2) is 5.82 Å². The van der Waals surface area contributed by atoms with Crippen LogP contribution in [0.25, 0.3) is 0 Å². The predicted octanol–water partition coefficient (Wildman–Crippen LogP) is 2.06. The van der Waals surface area contributed by atoms with Gasteiger partial charge in [0.25, 0.3) is 0 Å². The lowest BCUT2D eigenvalue weighted by Crippen LogP contribution is -2.18. The molecule has 0 aliphatic heterocycles. The van der Waals surface area contributed by atoms with Crippen molar-refractivity contribution in [2.75, 3.05) is 13.2 Å². The van der Waals surface area contributed by atoms with Gasteiger partial charge in [-0.3, -0.25) is 0 Å². The van der Waals surface area contributed by atoms with Crippen molar-refractivity contribution in [1.29, 1.82) is 0 Å². The molecule has 0 amide bonds. The first kappa shape index (κ1) is 14.8. The Kier molecular flexibility index (Phi) is 6.00. The van der Waals surface area contributed by atoms with Gasteiger partial charge < -0.3 is 10.1 Å². The molecule has 1 rings (SSSR count). The van der Waals surface area contributed by atoms with Gasteiger partial charge in [0, 0.05) is 12.7 Å². The maximum atomic E-state index is 11.9. The highest BCUT2D eigenvalue weighted by Crippen LogP contribution is 2.14. The quantitative estimate of drug-likeness (QED) is 0.765. The van der Waals surface area contributed by atoms with Gasteiger partial charge in [-0.15, -0.1) is 0 Å². The molecule has 102 valence electrons. The van der Waals surface area contributed by atoms with Crippen molar-refractivity contribution in [2.45, 2.75) is 32.7 Å². The summed E-state index contributed by atoms with van der Waals surface area (Å²) in [7, 11) is 0. The van der Waals surface area contributed by atoms with Crippen molar-refractivity contribution in [1.82, 2.24) is 15.3 Å². The largest absolute Gasteiger partial charge is 0.411 e. The van der Waals surface area contributed by atoms with Crippen LogP contribution in [-0.2, 0) is 17.9 Å². The predicted molar refractivity (Wildman–Crippen MR) is 59.7 cm³/mol. The number of hydrogen-bond donors (Lipinski definition) is 1. The van der Waals surface area contributed by atoms with Crippen molar-refractivity contribution in [3.8, 4) is 0 Å². The topological polar surface area (TPSA) is 47.0 Å². The molecule has 7 heteroatoms. The molecule has 0 aromatic carbocycles. The Bertz CT molecular complexity index is 358. The summed E-state index contributed by atoms with van der Waals surface area (Å²) >= 11 is 0. The van der Waals surface area contributed by atoms with E-state index >= 15 is 0 Å². The molecule has 0 bridgehead atoms. The summed E-state index contributed by atoms with van der Waals surface area (Å²) in [5, 5.41) is 3.15. The number of nitrogens with zero attached hydrogens (tertiary/aromatic N) is 2. The molecular formula is C11H16F3N3O. The monoisotopic (exact) mass is 263 g/mol. The van der Waals surface area contributed by atoms with Gasteiger partial charge in [-0.2, -0.15) is 13.2 Å². The number of hydrogen-bond acceptors (Lipinski definition) is 4. The number of ether oxygens (including phenoxy) is 1. The third-order valence-electron chi connectivity index (χ3n) is 1.99. The first-order valence-corrected chi connectivity index (χ1v) is 5.67. The van der Waals surface area contributed by atoms with E-state index in [1.54, 1.807) is 6.07 Å². The highest BCUT2D eigenvalue weighted by atomic mass is 19.4. The van der Waals surface area contributed by atoms with Crippen LogP contribution in [0.4, 0.5) is 13.2 Å². The normalized spacial score (nSPS) is 11.8. The standard InChI is InChI=1S/C11H16F3N3O/c1-2-4-15-6-9-3-5-16-10(17-9)7-18-8-11(12,13)14/h3,5,15H,2,4,6-8H2,1H3. The fourth-order valence-electron chi connectivity index (χ4n) is 1.26. The first-order valence-electron chi connectivity index (χ1n) is 5.67. The minimum atomic E-state index is -4.32. The average molecular weight is 263 g/mol. The van der Waals surface area contributed by atoms with Gasteiger partial charge in [-0.25, -0.2) is 9.97 Å². The fourth-order valence-corrected chi connectivity index (χ4v) is 1.26. The molecule has 0 aliphatic carbocycles. The fraction of sp³-hybridized carbons (Fsp3) is 0.636. The van der Waals surface area contributed by atoms with Gasteiger partial charge >= 0.3 is 6.18 Å². The second-order valence-corrected chi connectivity index (χ2v) is 3.75. The molecule has 1 heterocycles. The third-order valence-corrected chi connectivity index (χ3v) is 1.99. The van der Waals surface area contributed by atoms with Gasteiger partial charge in [0.2, 0.25) is 0 Å². The van der Waals surface area contributed by atoms with Crippen molar-refractivity contribution in [3.63, 3.8) is 0 Å². The molecule has 0 radical (unpaired) electrons. The van der Waals surface area contributed by atoms with Crippen LogP contribution in [0.3, 0.4) is 0 Å². The lowest BCUT2D eigenvalue weighted by molar-refractivity contribution is -0.177. The van der Waals surface area contributed by atoms with Crippen LogP contribution in [0.15, 0.2) is 12.3 Å². The molecule has 18 heavy (non-hydrogen) atoms. The summed E-state index contributed by atoms with van der Waals surface area (Å²) in [5.74, 6) is 0.259. The van der Waals surface area contributed by atoms with Crippen molar-refractivity contribution < 1.29 is 17.9 Å². The molecular weight excluding hydrogens is 247 g/mol. The summed E-state index contributed by atoms with van der Waals surface area (Å²) < 4.78 is 40.1. The zero-order valence-electron chi connectivity index (χ0n) is 10.1. The molecule has 0 saturated heterocycles. The van der Waals surface area contributed by atoms with Crippen molar-refractivity contribution >= 4 is 0 Å². The number of aromatic nitrogens is 2. The zero-order chi connectivity index (χ0) is 13.4. The Morgan fingerprint density at radius 3 is 2.83 bits per heavy atom. The summed E-state index contributed by atoms with van der Waals surface area (Å²) in [6, 6.07) is 1.72. The second-order valence-electron chi connectivity index (χ2n) is 3.75. The lowest BCUT2D eigenvalue weighted by Gasteiger charge is -2.07. The second kappa shape index (κ2) is 7.27. The summed E-state index contributed by atoms with van der Waals surface area (Å²) in [4.78, 5) is 7.95. The lowest BCUT2D eigenvalue weighted by atomic mass is 10.4. The molecule has 1 aromatic rings. The molecule has 0 atom stereocenters. The molecule has 4 nitrogen and oxygen atoms in total. The Labute approximate surface area is 104 Å². The summed E-state index contributed by atoms with van der Waals surface area (Å²) in [6.45, 7) is 1.96. The minimum Gasteiger partial charge on any atom is -0.364 e.